The van der Waals surface area contributed by atoms with Crippen molar-refractivity contribution in [2.24, 2.45) is 0 Å². The van der Waals surface area contributed by atoms with Gasteiger partial charge >= 0.3 is 0 Å². The molecule has 0 aromatic rings. The monoisotopic (exact) mass is 1330 g/mol. The molecule has 3 aliphatic heterocycles. The van der Waals surface area contributed by atoms with Crippen LogP contribution in [-0.4, -0.2) is 322 Å². The normalized spacial score (nSPS) is 27.1. The average Bonchev–Trinajstić information content (AvgIpc) is 0.960. The topological polar surface area (TPSA) is 516 Å². The number of aliphatic hydroxyl groups is 9. The van der Waals surface area contributed by atoms with E-state index in [9.17, 15) is 84.3 Å². The van der Waals surface area contributed by atoms with Crippen molar-refractivity contribution in [3.63, 3.8) is 0 Å². The lowest BCUT2D eigenvalue weighted by atomic mass is 9.97. The summed E-state index contributed by atoms with van der Waals surface area (Å²) in [6, 6.07) is -6.17. The number of hydrogen-bond donors (Lipinski definition) is 17. The molecule has 0 spiro atoms. The van der Waals surface area contributed by atoms with Gasteiger partial charge in [0.2, 0.25) is 47.3 Å². The van der Waals surface area contributed by atoms with Crippen LogP contribution in [0.5, 0.6) is 0 Å². The van der Waals surface area contributed by atoms with Crippen molar-refractivity contribution in [3.8, 4) is 0 Å². The van der Waals surface area contributed by atoms with Gasteiger partial charge in [-0.15, -0.1) is 0 Å². The molecule has 3 rings (SSSR count). The Labute approximate surface area is 534 Å². The molecule has 0 aromatic heterocycles. The van der Waals surface area contributed by atoms with Crippen molar-refractivity contribution >= 4 is 47.3 Å². The van der Waals surface area contributed by atoms with Crippen LogP contribution in [-0.2, 0) is 90.5 Å². The molecule has 17 N–H and O–H groups in total. The van der Waals surface area contributed by atoms with E-state index in [1.165, 1.54) is 20.8 Å². The Morgan fingerprint density at radius 2 is 0.728 bits per heavy atom. The van der Waals surface area contributed by atoms with Gasteiger partial charge in [-0.05, 0) is 33.6 Å². The Balaban J connectivity index is 0.0000288. The van der Waals surface area contributed by atoms with Gasteiger partial charge in [0.05, 0.1) is 105 Å². The molecule has 3 heterocycles. The first kappa shape index (κ1) is 83.1. The SMILES string of the molecule is C.CC(=O)NC1C(OCCOCCNC(=O)CCC(NC(=O)CCC(NC(=O)CCOCCOC(C)(C)C)C(=O)NCCOCCOC2OC(CO)C(O)C(O)C2NC(C)=O)C(=O)NCCOCCOC2OC(CO)C(O)C(O)C2NC(C)=O)OC(CO)C(O)C1O. The Morgan fingerprint density at radius 1 is 0.413 bits per heavy atom. The number of hydrogen-bond acceptors (Lipinski definition) is 28. The van der Waals surface area contributed by atoms with Crippen molar-refractivity contribution in [1.29, 1.82) is 0 Å². The maximum atomic E-state index is 13.7. The quantitative estimate of drug-likeness (QED) is 0.0252. The summed E-state index contributed by atoms with van der Waals surface area (Å²) in [5, 5.41) is 112. The van der Waals surface area contributed by atoms with Crippen molar-refractivity contribution in [2.45, 2.75) is 191 Å². The molecule has 534 valence electrons. The zero-order valence-corrected chi connectivity index (χ0v) is 52.4. The second-order valence-corrected chi connectivity index (χ2v) is 22.3. The summed E-state index contributed by atoms with van der Waals surface area (Å²) in [7, 11) is 0. The van der Waals surface area contributed by atoms with Crippen LogP contribution in [0.3, 0.4) is 0 Å². The zero-order valence-electron chi connectivity index (χ0n) is 52.4. The maximum Gasteiger partial charge on any atom is 0.242 e. The lowest BCUT2D eigenvalue weighted by Gasteiger charge is -2.42. The number of carbonyl (C=O) groups excluding carboxylic acids is 8. The average molecular weight is 1340 g/mol. The van der Waals surface area contributed by atoms with Crippen LogP contribution in [0.4, 0.5) is 0 Å². The van der Waals surface area contributed by atoms with Crippen molar-refractivity contribution in [2.75, 3.05) is 119 Å². The molecule has 0 aromatic carbocycles. The van der Waals surface area contributed by atoms with E-state index in [1.54, 1.807) is 0 Å². The highest BCUT2D eigenvalue weighted by atomic mass is 16.7. The van der Waals surface area contributed by atoms with Gasteiger partial charge in [0, 0.05) is 59.7 Å². The van der Waals surface area contributed by atoms with E-state index in [-0.39, 0.29) is 132 Å². The highest BCUT2D eigenvalue weighted by Crippen LogP contribution is 2.25. The van der Waals surface area contributed by atoms with Gasteiger partial charge in [-0.3, -0.25) is 38.4 Å². The third-order valence-corrected chi connectivity index (χ3v) is 13.8. The second-order valence-electron chi connectivity index (χ2n) is 22.3. The van der Waals surface area contributed by atoms with Crippen LogP contribution in [0.25, 0.3) is 0 Å². The molecule has 3 saturated heterocycles. The number of rotatable bonds is 43. The number of nitrogens with one attached hydrogen (secondary N) is 8. The highest BCUT2D eigenvalue weighted by molar-refractivity contribution is 5.90. The smallest absolute Gasteiger partial charge is 0.242 e. The van der Waals surface area contributed by atoms with Crippen molar-refractivity contribution in [3.05, 3.63) is 0 Å². The van der Waals surface area contributed by atoms with E-state index >= 15 is 0 Å². The molecule has 92 heavy (non-hydrogen) atoms. The van der Waals surface area contributed by atoms with Gasteiger partial charge in [0.1, 0.15) is 85.1 Å². The summed E-state index contributed by atoms with van der Waals surface area (Å²) >= 11 is 0. The molecule has 3 fully saturated rings. The Kier molecular flexibility index (Phi) is 40.3. The van der Waals surface area contributed by atoms with Crippen LogP contribution >= 0.6 is 0 Å². The minimum absolute atomic E-state index is 0. The Hall–Kier alpha value is -5.04. The first-order chi connectivity index (χ1) is 43.2. The fourth-order valence-electron chi connectivity index (χ4n) is 9.20. The third-order valence-electron chi connectivity index (χ3n) is 13.8. The molecule has 0 aliphatic carbocycles. The number of ether oxygens (including phenoxy) is 11. The van der Waals surface area contributed by atoms with Crippen molar-refractivity contribution < 1.29 is 136 Å². The van der Waals surface area contributed by atoms with Crippen molar-refractivity contribution in [1.82, 2.24) is 42.5 Å². The molecule has 36 nitrogen and oxygen atoms in total. The molecule has 0 saturated carbocycles. The number of aliphatic hydroxyl groups excluding tert-OH is 9. The standard InChI is InChI=1S/C55H98N8O28.CH4/c1-30(67)59-41-47(76)44(73)35(27-64)89-52(41)85-23-19-82-16-12-56-38(70)9-7-33(50(79)57-13-17-83-20-24-86-53-42(60-31(2)68)48(77)45(74)36(28-65)90-53)62-39(71)10-8-34(63-40(72)11-15-81-22-26-88-55(4,5)6)51(80)58-14-18-84-21-25-87-54-43(61-32(3)69)49(78)46(75)37(29-66)91-54;/h33-37,41-49,52-54,64-66,73-78H,7-29H2,1-6H3,(H,56,70)(H,57,79)(H,58,80)(H,59,67)(H,60,68)(H,61,69)(H,62,71)(H,63,72);1H4. The van der Waals surface area contributed by atoms with Gasteiger partial charge in [-0.1, -0.05) is 7.43 Å². The fraction of sp³-hybridized carbons (Fsp3) is 0.857. The molecule has 36 heteroatoms. The summed E-state index contributed by atoms with van der Waals surface area (Å²) < 4.78 is 61.3. The highest BCUT2D eigenvalue weighted by Gasteiger charge is 2.48. The summed E-state index contributed by atoms with van der Waals surface area (Å²) in [4.78, 5) is 102. The molecule has 8 amide bonds. The lowest BCUT2D eigenvalue weighted by molar-refractivity contribution is -0.272. The molecular weight excluding hydrogens is 1230 g/mol. The van der Waals surface area contributed by atoms with Crippen LogP contribution in [0, 0.1) is 0 Å². The summed E-state index contributed by atoms with van der Waals surface area (Å²) in [6.07, 6.45) is -18.0. The largest absolute Gasteiger partial charge is 0.394 e. The maximum absolute atomic E-state index is 13.7. The third kappa shape index (κ3) is 31.0. The molecule has 0 radical (unpaired) electrons. The van der Waals surface area contributed by atoms with Crippen LogP contribution in [0.15, 0.2) is 0 Å². The van der Waals surface area contributed by atoms with E-state index in [0.29, 0.717) is 0 Å². The van der Waals surface area contributed by atoms with E-state index in [1.807, 2.05) is 20.8 Å². The predicted molar refractivity (Wildman–Crippen MR) is 316 cm³/mol. The van der Waals surface area contributed by atoms with Gasteiger partial charge in [-0.25, -0.2) is 0 Å². The van der Waals surface area contributed by atoms with E-state index in [4.69, 9.17) is 52.1 Å². The van der Waals surface area contributed by atoms with E-state index < -0.39 is 183 Å². The van der Waals surface area contributed by atoms with Crippen LogP contribution in [0.2, 0.25) is 0 Å². The minimum atomic E-state index is -1.54. The van der Waals surface area contributed by atoms with E-state index in [0.717, 1.165) is 0 Å². The molecule has 3 aliphatic rings. The summed E-state index contributed by atoms with van der Waals surface area (Å²) in [5.74, 6) is -4.97. The van der Waals surface area contributed by atoms with Crippen LogP contribution < -0.4 is 42.5 Å². The lowest BCUT2D eigenvalue weighted by Crippen LogP contribution is -2.64. The molecule has 17 unspecified atom stereocenters. The Morgan fingerprint density at radius 3 is 1.07 bits per heavy atom. The summed E-state index contributed by atoms with van der Waals surface area (Å²) in [6.45, 7) is 6.48. The Bertz CT molecular complexity index is 2190. The number of carbonyl (C=O) groups is 8. The van der Waals surface area contributed by atoms with Gasteiger partial charge in [-0.2, -0.15) is 0 Å². The fourth-order valence-corrected chi connectivity index (χ4v) is 9.20. The zero-order chi connectivity index (χ0) is 67.6. The number of amides is 8. The predicted octanol–water partition coefficient (Wildman–Crippen LogP) is -8.35. The van der Waals surface area contributed by atoms with Gasteiger partial charge < -0.3 is 141 Å². The minimum Gasteiger partial charge on any atom is -0.394 e. The molecule has 0 bridgehead atoms. The van der Waals surface area contributed by atoms with Gasteiger partial charge in [0.25, 0.3) is 0 Å². The summed E-state index contributed by atoms with van der Waals surface area (Å²) in [5.41, 5.74) is -0.416. The first-order valence-electron chi connectivity index (χ1n) is 30.1. The van der Waals surface area contributed by atoms with Gasteiger partial charge in [0.15, 0.2) is 18.9 Å². The second kappa shape index (κ2) is 44.6. The van der Waals surface area contributed by atoms with Crippen LogP contribution in [0.1, 0.15) is 81.1 Å². The van der Waals surface area contributed by atoms with E-state index in [2.05, 4.69) is 42.5 Å². The first-order valence-corrected chi connectivity index (χ1v) is 30.1. The molecular formula is C56H102N8O28. The molecule has 17 atom stereocenters.